The van der Waals surface area contributed by atoms with Crippen molar-refractivity contribution in [2.75, 3.05) is 0 Å². The van der Waals surface area contributed by atoms with E-state index in [2.05, 4.69) is 26.7 Å². The molecular formula is C15H19BrN2O2S. The molecular weight excluding hydrogens is 352 g/mol. The average molecular weight is 371 g/mol. The standard InChI is InChI=1S/C15H19BrN2O2S/c16-11-13-5-7-14(8-6-13)21(19,20)18-15(12-17)9-3-1-2-4-10-15/h5-8,18H,1-4,9-11H2. The quantitative estimate of drug-likeness (QED) is 0.651. The molecule has 0 spiro atoms. The first-order valence-electron chi connectivity index (χ1n) is 7.11. The second-order valence-electron chi connectivity index (χ2n) is 5.49. The maximum atomic E-state index is 12.5. The lowest BCUT2D eigenvalue weighted by Crippen LogP contribution is -2.46. The number of nitrogens with one attached hydrogen (secondary N) is 1. The molecule has 4 nitrogen and oxygen atoms in total. The Bertz CT molecular complexity index is 612. The molecule has 1 aromatic rings. The molecule has 1 aromatic carbocycles. The third-order valence-corrected chi connectivity index (χ3v) is 6.09. The molecule has 0 aromatic heterocycles. The SMILES string of the molecule is N#CC1(NS(=O)(=O)c2ccc(CBr)cc2)CCCCCC1. The van der Waals surface area contributed by atoms with Crippen molar-refractivity contribution in [3.63, 3.8) is 0 Å². The van der Waals surface area contributed by atoms with Gasteiger partial charge in [-0.25, -0.2) is 8.42 Å². The molecule has 1 N–H and O–H groups in total. The van der Waals surface area contributed by atoms with Gasteiger partial charge >= 0.3 is 0 Å². The van der Waals surface area contributed by atoms with Crippen LogP contribution in [0, 0.1) is 11.3 Å². The molecule has 0 radical (unpaired) electrons. The molecule has 0 bridgehead atoms. The highest BCUT2D eigenvalue weighted by molar-refractivity contribution is 9.08. The van der Waals surface area contributed by atoms with Gasteiger partial charge in [0.2, 0.25) is 10.0 Å². The van der Waals surface area contributed by atoms with Gasteiger partial charge in [0.15, 0.2) is 0 Å². The van der Waals surface area contributed by atoms with Crippen LogP contribution in [0.25, 0.3) is 0 Å². The third kappa shape index (κ3) is 4.06. The fourth-order valence-electron chi connectivity index (χ4n) is 2.64. The highest BCUT2D eigenvalue weighted by Crippen LogP contribution is 2.28. The van der Waals surface area contributed by atoms with E-state index in [4.69, 9.17) is 0 Å². The van der Waals surface area contributed by atoms with Gasteiger partial charge in [-0.3, -0.25) is 0 Å². The fraction of sp³-hybridized carbons (Fsp3) is 0.533. The Morgan fingerprint density at radius 3 is 2.19 bits per heavy atom. The molecule has 2 rings (SSSR count). The highest BCUT2D eigenvalue weighted by Gasteiger charge is 2.35. The van der Waals surface area contributed by atoms with Crippen LogP contribution in [0.1, 0.15) is 44.1 Å². The summed E-state index contributed by atoms with van der Waals surface area (Å²) in [7, 11) is -3.66. The number of benzene rings is 1. The number of halogens is 1. The number of nitrogens with zero attached hydrogens (tertiary/aromatic N) is 1. The molecule has 1 fully saturated rings. The Morgan fingerprint density at radius 2 is 1.71 bits per heavy atom. The van der Waals surface area contributed by atoms with Gasteiger partial charge in [0, 0.05) is 5.33 Å². The fourth-order valence-corrected chi connectivity index (χ4v) is 4.39. The van der Waals surface area contributed by atoms with Crippen molar-refractivity contribution in [3.8, 4) is 6.07 Å². The van der Waals surface area contributed by atoms with E-state index in [0.29, 0.717) is 18.2 Å². The van der Waals surface area contributed by atoms with Crippen LogP contribution >= 0.6 is 15.9 Å². The maximum Gasteiger partial charge on any atom is 0.241 e. The van der Waals surface area contributed by atoms with Gasteiger partial charge in [-0.1, -0.05) is 53.7 Å². The Kier molecular flexibility index (Phi) is 5.42. The summed E-state index contributed by atoms with van der Waals surface area (Å²) in [5.74, 6) is 0. The van der Waals surface area contributed by atoms with Gasteiger partial charge in [0.1, 0.15) is 5.54 Å². The van der Waals surface area contributed by atoms with E-state index in [9.17, 15) is 13.7 Å². The molecule has 0 aliphatic heterocycles. The molecule has 1 aliphatic carbocycles. The number of hydrogen-bond acceptors (Lipinski definition) is 3. The predicted octanol–water partition coefficient (Wildman–Crippen LogP) is 3.48. The number of nitriles is 1. The second-order valence-corrected chi connectivity index (χ2v) is 7.73. The zero-order valence-electron chi connectivity index (χ0n) is 11.8. The molecule has 1 aliphatic rings. The van der Waals surface area contributed by atoms with Crippen LogP contribution in [0.3, 0.4) is 0 Å². The monoisotopic (exact) mass is 370 g/mol. The summed E-state index contributed by atoms with van der Waals surface area (Å²) < 4.78 is 27.7. The molecule has 21 heavy (non-hydrogen) atoms. The average Bonchev–Trinajstić information content (AvgIpc) is 2.73. The number of hydrogen-bond donors (Lipinski definition) is 1. The van der Waals surface area contributed by atoms with Crippen molar-refractivity contribution in [2.45, 2.75) is 54.3 Å². The van der Waals surface area contributed by atoms with E-state index in [1.54, 1.807) is 24.3 Å². The predicted molar refractivity (Wildman–Crippen MR) is 85.4 cm³/mol. The van der Waals surface area contributed by atoms with E-state index in [1.807, 2.05) is 0 Å². The van der Waals surface area contributed by atoms with Crippen LogP contribution in [0.5, 0.6) is 0 Å². The van der Waals surface area contributed by atoms with Crippen LogP contribution in [-0.4, -0.2) is 14.0 Å². The smallest absolute Gasteiger partial charge is 0.207 e. The summed E-state index contributed by atoms with van der Waals surface area (Å²) in [5, 5.41) is 10.2. The van der Waals surface area contributed by atoms with Crippen LogP contribution < -0.4 is 4.72 Å². The van der Waals surface area contributed by atoms with Crippen molar-refractivity contribution >= 4 is 26.0 Å². The lowest BCUT2D eigenvalue weighted by molar-refractivity contribution is 0.422. The first-order chi connectivity index (χ1) is 10.0. The lowest BCUT2D eigenvalue weighted by Gasteiger charge is -2.26. The van der Waals surface area contributed by atoms with Crippen LogP contribution in [0.4, 0.5) is 0 Å². The Morgan fingerprint density at radius 1 is 1.14 bits per heavy atom. The normalized spacial score (nSPS) is 18.7. The molecule has 1 saturated carbocycles. The zero-order chi connectivity index (χ0) is 15.3. The minimum absolute atomic E-state index is 0.214. The lowest BCUT2D eigenvalue weighted by atomic mass is 9.94. The molecule has 6 heteroatoms. The van der Waals surface area contributed by atoms with Gasteiger partial charge in [-0.05, 0) is 30.5 Å². The van der Waals surface area contributed by atoms with Gasteiger partial charge in [0.05, 0.1) is 11.0 Å². The largest absolute Gasteiger partial charge is 0.241 e. The van der Waals surface area contributed by atoms with E-state index < -0.39 is 15.6 Å². The minimum Gasteiger partial charge on any atom is -0.207 e. The van der Waals surface area contributed by atoms with Crippen molar-refractivity contribution in [2.24, 2.45) is 0 Å². The third-order valence-electron chi connectivity index (χ3n) is 3.89. The van der Waals surface area contributed by atoms with E-state index in [1.165, 1.54) is 0 Å². The van der Waals surface area contributed by atoms with Gasteiger partial charge in [-0.2, -0.15) is 9.98 Å². The molecule has 114 valence electrons. The summed E-state index contributed by atoms with van der Waals surface area (Å²) >= 11 is 3.33. The highest BCUT2D eigenvalue weighted by atomic mass is 79.9. The van der Waals surface area contributed by atoms with Crippen molar-refractivity contribution in [1.82, 2.24) is 4.72 Å². The number of sulfonamides is 1. The zero-order valence-corrected chi connectivity index (χ0v) is 14.2. The number of alkyl halides is 1. The Labute approximate surface area is 134 Å². The summed E-state index contributed by atoms with van der Waals surface area (Å²) in [4.78, 5) is 0.214. The molecule has 0 unspecified atom stereocenters. The van der Waals surface area contributed by atoms with Gasteiger partial charge in [-0.15, -0.1) is 0 Å². The molecule has 0 amide bonds. The van der Waals surface area contributed by atoms with Crippen LogP contribution in [0.2, 0.25) is 0 Å². The Balaban J connectivity index is 2.24. The van der Waals surface area contributed by atoms with E-state index in [0.717, 1.165) is 31.2 Å². The summed E-state index contributed by atoms with van der Waals surface area (Å²) in [6.07, 6.45) is 5.07. The van der Waals surface area contributed by atoms with Crippen molar-refractivity contribution < 1.29 is 8.42 Å². The van der Waals surface area contributed by atoms with Gasteiger partial charge < -0.3 is 0 Å². The second kappa shape index (κ2) is 6.91. The number of rotatable bonds is 4. The van der Waals surface area contributed by atoms with Crippen molar-refractivity contribution in [1.29, 1.82) is 5.26 Å². The Hall–Kier alpha value is -0.900. The summed E-state index contributed by atoms with van der Waals surface area (Å²) in [5.41, 5.74) is 0.0575. The van der Waals surface area contributed by atoms with Gasteiger partial charge in [0.25, 0.3) is 0 Å². The first-order valence-corrected chi connectivity index (χ1v) is 9.72. The maximum absolute atomic E-state index is 12.5. The summed E-state index contributed by atoms with van der Waals surface area (Å²) in [6.45, 7) is 0. The minimum atomic E-state index is -3.66. The van der Waals surface area contributed by atoms with Crippen LogP contribution in [-0.2, 0) is 15.4 Å². The first kappa shape index (κ1) is 16.5. The molecule has 0 atom stereocenters. The molecule has 0 heterocycles. The topological polar surface area (TPSA) is 70.0 Å². The summed E-state index contributed by atoms with van der Waals surface area (Å²) in [6, 6.07) is 8.92. The van der Waals surface area contributed by atoms with Crippen LogP contribution in [0.15, 0.2) is 29.2 Å². The molecule has 0 saturated heterocycles. The van der Waals surface area contributed by atoms with Crippen molar-refractivity contribution in [3.05, 3.63) is 29.8 Å². The van der Waals surface area contributed by atoms with E-state index in [-0.39, 0.29) is 4.90 Å². The van der Waals surface area contributed by atoms with E-state index >= 15 is 0 Å².